The number of aryl methyl sites for hydroxylation is 4. The van der Waals surface area contributed by atoms with Gasteiger partial charge in [-0.2, -0.15) is 5.10 Å². The zero-order valence-electron chi connectivity index (χ0n) is 11.9. The lowest BCUT2D eigenvalue weighted by atomic mass is 10.4. The molecule has 0 unspecified atom stereocenters. The van der Waals surface area contributed by atoms with Crippen LogP contribution < -0.4 is 16.2 Å². The van der Waals surface area contributed by atoms with Crippen LogP contribution in [-0.4, -0.2) is 25.8 Å². The van der Waals surface area contributed by atoms with Crippen molar-refractivity contribution in [1.82, 2.24) is 25.2 Å². The molecular weight excluding hydrogens is 258 g/mol. The van der Waals surface area contributed by atoms with Crippen LogP contribution >= 0.6 is 0 Å². The van der Waals surface area contributed by atoms with E-state index in [0.29, 0.717) is 11.8 Å². The number of aromatic nitrogens is 4. The van der Waals surface area contributed by atoms with Crippen molar-refractivity contribution in [2.24, 2.45) is 7.05 Å². The molecule has 2 amide bonds. The lowest BCUT2D eigenvalue weighted by molar-refractivity contribution is 0.253. The van der Waals surface area contributed by atoms with Crippen LogP contribution in [0.5, 0.6) is 0 Å². The van der Waals surface area contributed by atoms with Crippen LogP contribution in [0.2, 0.25) is 0 Å². The van der Waals surface area contributed by atoms with Crippen LogP contribution in [-0.2, 0) is 7.05 Å². The number of hydrogen-bond acceptors (Lipinski definition) is 5. The number of amides is 2. The fourth-order valence-corrected chi connectivity index (χ4v) is 1.77. The van der Waals surface area contributed by atoms with E-state index in [1.54, 1.807) is 17.8 Å². The third kappa shape index (κ3) is 3.44. The Morgan fingerprint density at radius 1 is 1.10 bits per heavy atom. The minimum Gasteiger partial charge on any atom is -0.291 e. The number of hydrogen-bond donors (Lipinski definition) is 3. The minimum atomic E-state index is -0.421. The fraction of sp³-hybridized carbons (Fsp3) is 0.333. The average Bonchev–Trinajstić information content (AvgIpc) is 2.64. The lowest BCUT2D eigenvalue weighted by Gasteiger charge is -2.09. The van der Waals surface area contributed by atoms with E-state index in [9.17, 15) is 4.79 Å². The maximum atomic E-state index is 11.7. The van der Waals surface area contributed by atoms with Gasteiger partial charge in [0.2, 0.25) is 5.95 Å². The van der Waals surface area contributed by atoms with Gasteiger partial charge >= 0.3 is 6.03 Å². The Bertz CT molecular complexity index is 614. The number of nitrogens with one attached hydrogen (secondary N) is 3. The number of rotatable bonds is 3. The van der Waals surface area contributed by atoms with Crippen LogP contribution in [0.15, 0.2) is 12.1 Å². The molecule has 2 aromatic heterocycles. The van der Waals surface area contributed by atoms with E-state index in [2.05, 4.69) is 31.2 Å². The Balaban J connectivity index is 1.93. The van der Waals surface area contributed by atoms with Gasteiger partial charge in [-0.15, -0.1) is 0 Å². The molecule has 0 bridgehead atoms. The molecule has 0 atom stereocenters. The van der Waals surface area contributed by atoms with Crippen molar-refractivity contribution in [2.45, 2.75) is 20.8 Å². The summed E-state index contributed by atoms with van der Waals surface area (Å²) in [5.41, 5.74) is 7.61. The van der Waals surface area contributed by atoms with Crippen molar-refractivity contribution >= 4 is 17.8 Å². The van der Waals surface area contributed by atoms with Gasteiger partial charge in [0.1, 0.15) is 5.82 Å². The van der Waals surface area contributed by atoms with Crippen molar-refractivity contribution in [2.75, 3.05) is 10.7 Å². The van der Waals surface area contributed by atoms with Crippen LogP contribution in [0.4, 0.5) is 16.6 Å². The van der Waals surface area contributed by atoms with Crippen LogP contribution in [0.3, 0.4) is 0 Å². The zero-order chi connectivity index (χ0) is 14.7. The molecule has 0 fully saturated rings. The highest BCUT2D eigenvalue weighted by atomic mass is 16.2. The molecule has 0 aliphatic rings. The molecule has 8 heteroatoms. The molecule has 0 saturated carbocycles. The second-order valence-corrected chi connectivity index (χ2v) is 4.47. The lowest BCUT2D eigenvalue weighted by Crippen LogP contribution is -2.35. The first-order valence-corrected chi connectivity index (χ1v) is 6.10. The smallest absolute Gasteiger partial charge is 0.291 e. The molecule has 3 N–H and O–H groups in total. The summed E-state index contributed by atoms with van der Waals surface area (Å²) in [7, 11) is 1.75. The summed E-state index contributed by atoms with van der Waals surface area (Å²) in [6.07, 6.45) is 0. The van der Waals surface area contributed by atoms with Crippen LogP contribution in [0.25, 0.3) is 0 Å². The summed E-state index contributed by atoms with van der Waals surface area (Å²) in [5.74, 6) is 0.946. The summed E-state index contributed by atoms with van der Waals surface area (Å²) >= 11 is 0. The van der Waals surface area contributed by atoms with Crippen molar-refractivity contribution in [3.05, 3.63) is 29.2 Å². The molecule has 20 heavy (non-hydrogen) atoms. The van der Waals surface area contributed by atoms with Gasteiger partial charge in [0.25, 0.3) is 0 Å². The van der Waals surface area contributed by atoms with Gasteiger partial charge in [-0.25, -0.2) is 20.2 Å². The summed E-state index contributed by atoms with van der Waals surface area (Å²) in [6.45, 7) is 5.57. The molecule has 0 aliphatic heterocycles. The Labute approximate surface area is 116 Å². The topological polar surface area (TPSA) is 96.8 Å². The molecule has 2 aromatic rings. The highest BCUT2D eigenvalue weighted by Crippen LogP contribution is 2.07. The summed E-state index contributed by atoms with van der Waals surface area (Å²) in [5, 5.41) is 6.80. The Hall–Kier alpha value is -2.64. The van der Waals surface area contributed by atoms with Gasteiger partial charge in [-0.1, -0.05) is 0 Å². The third-order valence-corrected chi connectivity index (χ3v) is 2.51. The van der Waals surface area contributed by atoms with E-state index in [-0.39, 0.29) is 0 Å². The van der Waals surface area contributed by atoms with Crippen molar-refractivity contribution in [3.8, 4) is 0 Å². The molecule has 0 saturated heterocycles. The van der Waals surface area contributed by atoms with E-state index in [1.807, 2.05) is 26.8 Å². The fourth-order valence-electron chi connectivity index (χ4n) is 1.77. The average molecular weight is 275 g/mol. The number of anilines is 2. The first kappa shape index (κ1) is 13.8. The normalized spacial score (nSPS) is 10.2. The molecule has 106 valence electrons. The van der Waals surface area contributed by atoms with Gasteiger partial charge < -0.3 is 0 Å². The van der Waals surface area contributed by atoms with Crippen LogP contribution in [0.1, 0.15) is 17.1 Å². The predicted octanol–water partition coefficient (Wildman–Crippen LogP) is 1.28. The highest BCUT2D eigenvalue weighted by Gasteiger charge is 2.07. The maximum Gasteiger partial charge on any atom is 0.339 e. The van der Waals surface area contributed by atoms with Gasteiger partial charge in [-0.05, 0) is 26.8 Å². The molecule has 0 aliphatic carbocycles. The summed E-state index contributed by atoms with van der Waals surface area (Å²) in [6, 6.07) is 3.20. The van der Waals surface area contributed by atoms with E-state index in [0.717, 1.165) is 17.1 Å². The monoisotopic (exact) mass is 275 g/mol. The second-order valence-electron chi connectivity index (χ2n) is 4.47. The number of nitrogens with zero attached hydrogens (tertiary/aromatic N) is 4. The first-order valence-electron chi connectivity index (χ1n) is 6.10. The predicted molar refractivity (Wildman–Crippen MR) is 75.2 cm³/mol. The van der Waals surface area contributed by atoms with Crippen molar-refractivity contribution in [3.63, 3.8) is 0 Å². The SMILES string of the molecule is Cc1cc(C)nc(NNC(=O)Nc2cc(C)nn2C)n1. The third-order valence-electron chi connectivity index (χ3n) is 2.51. The number of urea groups is 1. The van der Waals surface area contributed by atoms with Gasteiger partial charge in [-0.3, -0.25) is 15.4 Å². The molecule has 0 radical (unpaired) electrons. The Kier molecular flexibility index (Phi) is 3.83. The van der Waals surface area contributed by atoms with E-state index < -0.39 is 6.03 Å². The Morgan fingerprint density at radius 3 is 2.30 bits per heavy atom. The van der Waals surface area contributed by atoms with E-state index in [4.69, 9.17) is 0 Å². The zero-order valence-corrected chi connectivity index (χ0v) is 11.9. The molecule has 0 aromatic carbocycles. The Morgan fingerprint density at radius 2 is 1.75 bits per heavy atom. The molecular formula is C12H17N7O. The quantitative estimate of drug-likeness (QED) is 0.733. The second kappa shape index (κ2) is 5.55. The molecule has 0 spiro atoms. The standard InChI is InChI=1S/C12H17N7O/c1-7-5-8(2)14-11(13-7)16-17-12(20)15-10-6-9(3)18-19(10)4/h5-6H,1-4H3,(H,13,14,16)(H2,15,17,20). The van der Waals surface area contributed by atoms with Crippen molar-refractivity contribution < 1.29 is 4.79 Å². The minimum absolute atomic E-state index is 0.346. The van der Waals surface area contributed by atoms with Gasteiger partial charge in [0.05, 0.1) is 5.69 Å². The number of carbonyl (C=O) groups excluding carboxylic acids is 1. The van der Waals surface area contributed by atoms with E-state index >= 15 is 0 Å². The number of hydrazine groups is 1. The number of carbonyl (C=O) groups is 1. The maximum absolute atomic E-state index is 11.7. The molecule has 2 rings (SSSR count). The van der Waals surface area contributed by atoms with Gasteiger partial charge in [0, 0.05) is 24.5 Å². The summed E-state index contributed by atoms with van der Waals surface area (Å²) in [4.78, 5) is 20.0. The van der Waals surface area contributed by atoms with E-state index in [1.165, 1.54) is 0 Å². The van der Waals surface area contributed by atoms with Crippen molar-refractivity contribution in [1.29, 1.82) is 0 Å². The highest BCUT2D eigenvalue weighted by molar-refractivity contribution is 5.88. The molecule has 8 nitrogen and oxygen atoms in total. The molecule has 2 heterocycles. The van der Waals surface area contributed by atoms with Crippen LogP contribution in [0, 0.1) is 20.8 Å². The largest absolute Gasteiger partial charge is 0.339 e. The van der Waals surface area contributed by atoms with Gasteiger partial charge in [0.15, 0.2) is 0 Å². The summed E-state index contributed by atoms with van der Waals surface area (Å²) < 4.78 is 1.59. The first-order chi connectivity index (χ1) is 9.44.